The lowest BCUT2D eigenvalue weighted by atomic mass is 10.2. The van der Waals surface area contributed by atoms with Gasteiger partial charge in [0.1, 0.15) is 0 Å². The van der Waals surface area contributed by atoms with Crippen LogP contribution in [0.5, 0.6) is 0 Å². The fourth-order valence-electron chi connectivity index (χ4n) is 1.24. The number of hydrogen-bond acceptors (Lipinski definition) is 0. The first-order valence-corrected chi connectivity index (χ1v) is 8.13. The monoisotopic (exact) mass is 178 g/mol. The van der Waals surface area contributed by atoms with E-state index in [1.54, 1.807) is 5.19 Å². The quantitative estimate of drug-likeness (QED) is 0.611. The van der Waals surface area contributed by atoms with Crippen molar-refractivity contribution in [3.8, 4) is 0 Å². The molecule has 0 fully saturated rings. The SMILES string of the molecule is CCc1ccc([Si](C)(C)C)cc1. The van der Waals surface area contributed by atoms with Crippen LogP contribution in [0.3, 0.4) is 0 Å². The molecule has 66 valence electrons. The van der Waals surface area contributed by atoms with Gasteiger partial charge in [-0.15, -0.1) is 0 Å². The molecule has 1 heteroatoms. The maximum absolute atomic E-state index is 2.38. The highest BCUT2D eigenvalue weighted by Crippen LogP contribution is 2.04. The van der Waals surface area contributed by atoms with Gasteiger partial charge < -0.3 is 0 Å². The lowest BCUT2D eigenvalue weighted by molar-refractivity contribution is 1.14. The summed E-state index contributed by atoms with van der Waals surface area (Å²) < 4.78 is 0. The van der Waals surface area contributed by atoms with Crippen LogP contribution in [0.15, 0.2) is 24.3 Å². The van der Waals surface area contributed by atoms with Crippen LogP contribution in [0.25, 0.3) is 0 Å². The average molecular weight is 178 g/mol. The molecule has 1 aromatic rings. The molecule has 1 aromatic carbocycles. The molecule has 12 heavy (non-hydrogen) atoms. The fourth-order valence-corrected chi connectivity index (χ4v) is 2.41. The summed E-state index contributed by atoms with van der Waals surface area (Å²) in [5, 5.41) is 1.56. The molecule has 1 rings (SSSR count). The van der Waals surface area contributed by atoms with E-state index in [-0.39, 0.29) is 0 Å². The molecule has 0 radical (unpaired) electrons. The minimum Gasteiger partial charge on any atom is -0.0656 e. The molecule has 0 atom stereocenters. The molecular weight excluding hydrogens is 160 g/mol. The van der Waals surface area contributed by atoms with E-state index in [0.29, 0.717) is 0 Å². The van der Waals surface area contributed by atoms with Crippen LogP contribution in [0.2, 0.25) is 19.6 Å². The smallest absolute Gasteiger partial charge is 0.0656 e. The van der Waals surface area contributed by atoms with Crippen molar-refractivity contribution >= 4 is 13.3 Å². The van der Waals surface area contributed by atoms with E-state index in [1.807, 2.05) is 0 Å². The molecule has 0 aliphatic rings. The van der Waals surface area contributed by atoms with Gasteiger partial charge in [-0.05, 0) is 12.0 Å². The maximum Gasteiger partial charge on any atom is 0.0775 e. The van der Waals surface area contributed by atoms with Gasteiger partial charge in [0.15, 0.2) is 0 Å². The molecule has 0 N–H and O–H groups in total. The second kappa shape index (κ2) is 3.44. The topological polar surface area (TPSA) is 0 Å². The molecule has 0 bridgehead atoms. The Labute approximate surface area is 76.6 Å². The number of benzene rings is 1. The average Bonchev–Trinajstić information content (AvgIpc) is 2.03. The first-order chi connectivity index (χ1) is 5.54. The fraction of sp³-hybridized carbons (Fsp3) is 0.455. The molecule has 0 spiro atoms. The standard InChI is InChI=1S/C11H18Si/c1-5-10-6-8-11(9-7-10)12(2,3)4/h6-9H,5H2,1-4H3. The van der Waals surface area contributed by atoms with Gasteiger partial charge >= 0.3 is 0 Å². The molecule has 0 saturated carbocycles. The van der Waals surface area contributed by atoms with Crippen molar-refractivity contribution in [2.45, 2.75) is 33.0 Å². The van der Waals surface area contributed by atoms with Gasteiger partial charge in [0, 0.05) is 0 Å². The third-order valence-electron chi connectivity index (χ3n) is 2.23. The first kappa shape index (κ1) is 9.52. The van der Waals surface area contributed by atoms with Crippen LogP contribution in [-0.2, 0) is 6.42 Å². The van der Waals surface area contributed by atoms with E-state index in [9.17, 15) is 0 Å². The predicted octanol–water partition coefficient (Wildman–Crippen LogP) is 2.79. The summed E-state index contributed by atoms with van der Waals surface area (Å²) in [5.74, 6) is 0. The highest BCUT2D eigenvalue weighted by atomic mass is 28.3. The van der Waals surface area contributed by atoms with E-state index >= 15 is 0 Å². The van der Waals surface area contributed by atoms with Gasteiger partial charge in [-0.3, -0.25) is 0 Å². The summed E-state index contributed by atoms with van der Waals surface area (Å²) >= 11 is 0. The Kier molecular flexibility index (Phi) is 2.73. The van der Waals surface area contributed by atoms with Crippen molar-refractivity contribution in [2.75, 3.05) is 0 Å². The molecule has 0 amide bonds. The van der Waals surface area contributed by atoms with Crippen LogP contribution in [0.4, 0.5) is 0 Å². The zero-order valence-electron chi connectivity index (χ0n) is 8.52. The van der Waals surface area contributed by atoms with Crippen LogP contribution in [-0.4, -0.2) is 8.07 Å². The highest BCUT2D eigenvalue weighted by Gasteiger charge is 2.15. The summed E-state index contributed by atoms with van der Waals surface area (Å²) in [6.07, 6.45) is 1.14. The van der Waals surface area contributed by atoms with Crippen molar-refractivity contribution in [1.82, 2.24) is 0 Å². The third kappa shape index (κ3) is 2.21. The summed E-state index contributed by atoms with van der Waals surface area (Å²) in [5.41, 5.74) is 1.44. The zero-order valence-corrected chi connectivity index (χ0v) is 9.52. The van der Waals surface area contributed by atoms with Gasteiger partial charge in [-0.25, -0.2) is 0 Å². The Hall–Kier alpha value is -0.563. The van der Waals surface area contributed by atoms with E-state index in [1.165, 1.54) is 5.56 Å². The summed E-state index contributed by atoms with van der Waals surface area (Å²) in [4.78, 5) is 0. The van der Waals surface area contributed by atoms with Crippen molar-refractivity contribution < 1.29 is 0 Å². The molecule has 0 nitrogen and oxygen atoms in total. The van der Waals surface area contributed by atoms with E-state index in [0.717, 1.165) is 6.42 Å². The molecule has 0 aromatic heterocycles. The van der Waals surface area contributed by atoms with Gasteiger partial charge in [-0.2, -0.15) is 0 Å². The summed E-state index contributed by atoms with van der Waals surface area (Å²) in [6, 6.07) is 9.11. The van der Waals surface area contributed by atoms with Gasteiger partial charge in [-0.1, -0.05) is 56.0 Å². The largest absolute Gasteiger partial charge is 0.0775 e. The molecule has 0 saturated heterocycles. The number of hydrogen-bond donors (Lipinski definition) is 0. The second-order valence-electron chi connectivity index (χ2n) is 4.30. The first-order valence-electron chi connectivity index (χ1n) is 4.63. The van der Waals surface area contributed by atoms with Gasteiger partial charge in [0.2, 0.25) is 0 Å². The molecule has 0 heterocycles. The minimum absolute atomic E-state index is 1.07. The second-order valence-corrected chi connectivity index (χ2v) is 9.38. The van der Waals surface area contributed by atoms with Crippen LogP contribution in [0, 0.1) is 0 Å². The molecule has 0 aliphatic heterocycles. The highest BCUT2D eigenvalue weighted by molar-refractivity contribution is 6.88. The normalized spacial score (nSPS) is 11.7. The Morgan fingerprint density at radius 1 is 1.00 bits per heavy atom. The Balaban J connectivity index is 2.93. The lowest BCUT2D eigenvalue weighted by Gasteiger charge is -2.16. The van der Waals surface area contributed by atoms with Crippen molar-refractivity contribution in [3.05, 3.63) is 29.8 Å². The van der Waals surface area contributed by atoms with E-state index < -0.39 is 8.07 Å². The minimum atomic E-state index is -1.07. The predicted molar refractivity (Wildman–Crippen MR) is 58.8 cm³/mol. The lowest BCUT2D eigenvalue weighted by Crippen LogP contribution is -2.37. The van der Waals surface area contributed by atoms with Gasteiger partial charge in [0.25, 0.3) is 0 Å². The van der Waals surface area contributed by atoms with Crippen molar-refractivity contribution in [3.63, 3.8) is 0 Å². The van der Waals surface area contributed by atoms with E-state index in [4.69, 9.17) is 0 Å². The number of aryl methyl sites for hydroxylation is 1. The molecule has 0 unspecified atom stereocenters. The van der Waals surface area contributed by atoms with E-state index in [2.05, 4.69) is 50.8 Å². The van der Waals surface area contributed by atoms with Crippen LogP contribution in [0.1, 0.15) is 12.5 Å². The molecular formula is C11H18Si. The van der Waals surface area contributed by atoms with Crippen LogP contribution < -0.4 is 5.19 Å². The van der Waals surface area contributed by atoms with Crippen molar-refractivity contribution in [2.24, 2.45) is 0 Å². The number of rotatable bonds is 2. The third-order valence-corrected chi connectivity index (χ3v) is 4.29. The summed E-state index contributed by atoms with van der Waals surface area (Å²) in [6.45, 7) is 9.35. The Bertz CT molecular complexity index is 241. The maximum atomic E-state index is 2.38. The van der Waals surface area contributed by atoms with Crippen LogP contribution >= 0.6 is 0 Å². The Morgan fingerprint density at radius 3 is 1.83 bits per heavy atom. The zero-order chi connectivity index (χ0) is 9.19. The Morgan fingerprint density at radius 2 is 1.50 bits per heavy atom. The summed E-state index contributed by atoms with van der Waals surface area (Å²) in [7, 11) is -1.07. The molecule has 0 aliphatic carbocycles. The van der Waals surface area contributed by atoms with Crippen molar-refractivity contribution in [1.29, 1.82) is 0 Å². The van der Waals surface area contributed by atoms with Gasteiger partial charge in [0.05, 0.1) is 8.07 Å².